The van der Waals surface area contributed by atoms with Crippen LogP contribution in [-0.4, -0.2) is 20.4 Å². The maximum absolute atomic E-state index is 9.21. The van der Waals surface area contributed by atoms with Crippen LogP contribution >= 0.6 is 0 Å². The Morgan fingerprint density at radius 2 is 2.15 bits per heavy atom. The first-order chi connectivity index (χ1) is 9.79. The normalized spacial score (nSPS) is 12.0. The maximum atomic E-state index is 9.21. The number of aromatic amines is 1. The molecule has 0 aliphatic carbocycles. The molecule has 0 aliphatic heterocycles. The van der Waals surface area contributed by atoms with Crippen molar-refractivity contribution in [2.75, 3.05) is 5.32 Å². The van der Waals surface area contributed by atoms with Gasteiger partial charge < -0.3 is 5.32 Å². The molecule has 6 nitrogen and oxygen atoms in total. The Labute approximate surface area is 115 Å². The Morgan fingerprint density at radius 1 is 1.30 bits per heavy atom. The summed E-state index contributed by atoms with van der Waals surface area (Å²) in [6.07, 6.45) is 3.57. The van der Waals surface area contributed by atoms with Gasteiger partial charge in [0.1, 0.15) is 6.07 Å². The number of fused-ring (bicyclic) bond motifs is 1. The zero-order valence-corrected chi connectivity index (χ0v) is 10.8. The van der Waals surface area contributed by atoms with Crippen molar-refractivity contribution in [2.24, 2.45) is 0 Å². The molecule has 3 aromatic rings. The van der Waals surface area contributed by atoms with Crippen molar-refractivity contribution in [1.29, 1.82) is 5.26 Å². The van der Waals surface area contributed by atoms with Crippen LogP contribution in [0.3, 0.4) is 0 Å². The summed E-state index contributed by atoms with van der Waals surface area (Å²) in [6, 6.07) is 9.70. The summed E-state index contributed by atoms with van der Waals surface area (Å²) in [7, 11) is 0. The summed E-state index contributed by atoms with van der Waals surface area (Å²) < 4.78 is 0. The number of nitriles is 1. The highest BCUT2D eigenvalue weighted by Gasteiger charge is 2.14. The average molecular weight is 264 g/mol. The van der Waals surface area contributed by atoms with Gasteiger partial charge in [-0.05, 0) is 13.0 Å². The van der Waals surface area contributed by atoms with Crippen LogP contribution in [0.5, 0.6) is 0 Å². The summed E-state index contributed by atoms with van der Waals surface area (Å²) in [5, 5.41) is 28.1. The van der Waals surface area contributed by atoms with E-state index in [1.165, 1.54) is 0 Å². The Kier molecular flexibility index (Phi) is 3.01. The van der Waals surface area contributed by atoms with Gasteiger partial charge in [-0.3, -0.25) is 5.10 Å². The Hall–Kier alpha value is -2.94. The van der Waals surface area contributed by atoms with Crippen LogP contribution in [0.1, 0.15) is 24.2 Å². The van der Waals surface area contributed by atoms with E-state index in [0.717, 1.165) is 16.5 Å². The van der Waals surface area contributed by atoms with Crippen LogP contribution in [-0.2, 0) is 0 Å². The number of rotatable bonds is 3. The third-order valence-corrected chi connectivity index (χ3v) is 3.15. The molecule has 2 aromatic heterocycles. The molecule has 1 aromatic carbocycles. The van der Waals surface area contributed by atoms with Crippen molar-refractivity contribution >= 4 is 16.6 Å². The number of benzene rings is 1. The SMILES string of the molecule is CC(Nc1c(C#N)nnc2ccccc12)c1cn[nH]c1. The van der Waals surface area contributed by atoms with E-state index in [-0.39, 0.29) is 6.04 Å². The van der Waals surface area contributed by atoms with Crippen LogP contribution in [0.15, 0.2) is 36.7 Å². The number of anilines is 1. The first-order valence-electron chi connectivity index (χ1n) is 6.20. The van der Waals surface area contributed by atoms with Crippen molar-refractivity contribution in [3.8, 4) is 6.07 Å². The van der Waals surface area contributed by atoms with Crippen molar-refractivity contribution < 1.29 is 0 Å². The van der Waals surface area contributed by atoms with E-state index < -0.39 is 0 Å². The molecule has 2 N–H and O–H groups in total. The maximum Gasteiger partial charge on any atom is 0.186 e. The van der Waals surface area contributed by atoms with Gasteiger partial charge in [0.25, 0.3) is 0 Å². The molecule has 6 heteroatoms. The number of nitrogens with one attached hydrogen (secondary N) is 2. The van der Waals surface area contributed by atoms with Gasteiger partial charge in [0.15, 0.2) is 5.69 Å². The highest BCUT2D eigenvalue weighted by atomic mass is 15.1. The minimum absolute atomic E-state index is 0.00783. The van der Waals surface area contributed by atoms with E-state index in [4.69, 9.17) is 0 Å². The molecule has 0 fully saturated rings. The fourth-order valence-corrected chi connectivity index (χ4v) is 2.08. The van der Waals surface area contributed by atoms with E-state index in [2.05, 4.69) is 31.8 Å². The first-order valence-corrected chi connectivity index (χ1v) is 6.20. The highest BCUT2D eigenvalue weighted by Crippen LogP contribution is 2.27. The number of hydrogen-bond acceptors (Lipinski definition) is 5. The van der Waals surface area contributed by atoms with E-state index >= 15 is 0 Å². The lowest BCUT2D eigenvalue weighted by atomic mass is 10.1. The third-order valence-electron chi connectivity index (χ3n) is 3.15. The van der Waals surface area contributed by atoms with Crippen molar-refractivity contribution in [3.63, 3.8) is 0 Å². The molecular weight excluding hydrogens is 252 g/mol. The molecule has 98 valence electrons. The van der Waals surface area contributed by atoms with Crippen LogP contribution in [0.2, 0.25) is 0 Å². The third kappa shape index (κ3) is 2.06. The molecule has 1 atom stereocenters. The second-order valence-corrected chi connectivity index (χ2v) is 4.45. The molecule has 1 unspecified atom stereocenters. The number of hydrogen-bond donors (Lipinski definition) is 2. The minimum Gasteiger partial charge on any atom is -0.375 e. The summed E-state index contributed by atoms with van der Waals surface area (Å²) in [4.78, 5) is 0. The number of aromatic nitrogens is 4. The predicted molar refractivity (Wildman–Crippen MR) is 74.9 cm³/mol. The van der Waals surface area contributed by atoms with E-state index in [9.17, 15) is 5.26 Å². The zero-order chi connectivity index (χ0) is 13.9. The fourth-order valence-electron chi connectivity index (χ4n) is 2.08. The zero-order valence-electron chi connectivity index (χ0n) is 10.8. The Balaban J connectivity index is 2.07. The molecule has 0 amide bonds. The van der Waals surface area contributed by atoms with Gasteiger partial charge in [-0.1, -0.05) is 18.2 Å². The minimum atomic E-state index is 0.00783. The van der Waals surface area contributed by atoms with E-state index in [1.54, 1.807) is 6.20 Å². The lowest BCUT2D eigenvalue weighted by Gasteiger charge is -2.15. The van der Waals surface area contributed by atoms with Crippen molar-refractivity contribution in [1.82, 2.24) is 20.4 Å². The summed E-state index contributed by atoms with van der Waals surface area (Å²) >= 11 is 0. The van der Waals surface area contributed by atoms with Gasteiger partial charge >= 0.3 is 0 Å². The van der Waals surface area contributed by atoms with Gasteiger partial charge in [0, 0.05) is 17.1 Å². The average Bonchev–Trinajstić information content (AvgIpc) is 3.02. The number of nitrogens with zero attached hydrogens (tertiary/aromatic N) is 4. The van der Waals surface area contributed by atoms with Gasteiger partial charge in [0.2, 0.25) is 0 Å². The van der Waals surface area contributed by atoms with Gasteiger partial charge in [-0.2, -0.15) is 10.4 Å². The van der Waals surface area contributed by atoms with E-state index in [1.807, 2.05) is 37.4 Å². The largest absolute Gasteiger partial charge is 0.375 e. The molecular formula is C14H12N6. The van der Waals surface area contributed by atoms with Gasteiger partial charge in [-0.15, -0.1) is 10.2 Å². The standard InChI is InChI=1S/C14H12N6/c1-9(10-7-16-17-8-10)18-14-11-4-2-3-5-12(11)19-20-13(14)6-15/h2-5,7-9H,1H3,(H,16,17)(H,18,19). The fraction of sp³-hybridized carbons (Fsp3) is 0.143. The monoisotopic (exact) mass is 264 g/mol. The van der Waals surface area contributed by atoms with E-state index in [0.29, 0.717) is 11.4 Å². The molecule has 0 bridgehead atoms. The topological polar surface area (TPSA) is 90.3 Å². The molecule has 0 radical (unpaired) electrons. The van der Waals surface area contributed by atoms with Crippen LogP contribution in [0.25, 0.3) is 10.9 Å². The number of H-pyrrole nitrogens is 1. The lowest BCUT2D eigenvalue weighted by Crippen LogP contribution is -2.09. The molecule has 3 rings (SSSR count). The first kappa shape index (κ1) is 12.1. The van der Waals surface area contributed by atoms with Crippen LogP contribution in [0.4, 0.5) is 5.69 Å². The molecule has 2 heterocycles. The van der Waals surface area contributed by atoms with Crippen LogP contribution < -0.4 is 5.32 Å². The smallest absolute Gasteiger partial charge is 0.186 e. The second kappa shape index (κ2) is 4.97. The Morgan fingerprint density at radius 3 is 2.90 bits per heavy atom. The Bertz CT molecular complexity index is 772. The van der Waals surface area contributed by atoms with Gasteiger partial charge in [0.05, 0.1) is 23.4 Å². The highest BCUT2D eigenvalue weighted by molar-refractivity contribution is 5.92. The molecule has 0 saturated carbocycles. The summed E-state index contributed by atoms with van der Waals surface area (Å²) in [5.74, 6) is 0. The van der Waals surface area contributed by atoms with Gasteiger partial charge in [-0.25, -0.2) is 0 Å². The molecule has 0 saturated heterocycles. The molecule has 0 spiro atoms. The lowest BCUT2D eigenvalue weighted by molar-refractivity contribution is 0.881. The van der Waals surface area contributed by atoms with Crippen molar-refractivity contribution in [2.45, 2.75) is 13.0 Å². The second-order valence-electron chi connectivity index (χ2n) is 4.45. The molecule has 20 heavy (non-hydrogen) atoms. The molecule has 0 aliphatic rings. The summed E-state index contributed by atoms with van der Waals surface area (Å²) in [6.45, 7) is 2.00. The quantitative estimate of drug-likeness (QED) is 0.758. The predicted octanol–water partition coefficient (Wildman–Crippen LogP) is 2.40. The summed E-state index contributed by atoms with van der Waals surface area (Å²) in [5.41, 5.74) is 2.76. The van der Waals surface area contributed by atoms with Crippen molar-refractivity contribution in [3.05, 3.63) is 47.9 Å². The van der Waals surface area contributed by atoms with Crippen LogP contribution in [0, 0.1) is 11.3 Å².